The van der Waals surface area contributed by atoms with Gasteiger partial charge >= 0.3 is 0 Å². The number of hydrogen-bond donors (Lipinski definition) is 2. The smallest absolute Gasteiger partial charge is 0.140 e. The Labute approximate surface area is 179 Å². The van der Waals surface area contributed by atoms with E-state index in [-0.39, 0.29) is 5.75 Å². The van der Waals surface area contributed by atoms with Crippen molar-refractivity contribution >= 4 is 49.0 Å². The van der Waals surface area contributed by atoms with Gasteiger partial charge in [0.05, 0.1) is 0 Å². The number of aromatic amines is 1. The molecule has 1 heterocycles. The molecule has 3 aromatic carbocycles. The van der Waals surface area contributed by atoms with Gasteiger partial charge in [0.1, 0.15) is 17.5 Å². The molecule has 0 saturated carbocycles. The van der Waals surface area contributed by atoms with Crippen LogP contribution in [0.5, 0.6) is 5.75 Å². The lowest BCUT2D eigenvalue weighted by Crippen LogP contribution is -2.32. The van der Waals surface area contributed by atoms with Gasteiger partial charge in [-0.3, -0.25) is 0 Å². The lowest BCUT2D eigenvalue weighted by Gasteiger charge is -2.30. The van der Waals surface area contributed by atoms with E-state index in [4.69, 9.17) is 0 Å². The van der Waals surface area contributed by atoms with Crippen LogP contribution in [-0.2, 0) is 10.2 Å². The lowest BCUT2D eigenvalue weighted by molar-refractivity contribution is -0.110. The third-order valence-corrected chi connectivity index (χ3v) is 6.09. The molecule has 28 heavy (non-hydrogen) atoms. The maximum absolute atomic E-state index is 12.9. The van der Waals surface area contributed by atoms with Crippen LogP contribution in [0.2, 0.25) is 0 Å². The molecule has 0 radical (unpaired) electrons. The van der Waals surface area contributed by atoms with E-state index in [0.717, 1.165) is 48.5 Å². The molecule has 0 aliphatic rings. The first-order chi connectivity index (χ1) is 13.5. The highest BCUT2D eigenvalue weighted by molar-refractivity contribution is 9.11. The molecule has 4 rings (SSSR count). The molecule has 140 valence electrons. The Hall–Kier alpha value is -2.37. The number of halogens is 2. The molecule has 0 aliphatic carbocycles. The Bertz CT molecular complexity index is 1160. The minimum atomic E-state index is -1.05. The molecular formula is C23H17Br2NO2. The van der Waals surface area contributed by atoms with Crippen LogP contribution in [0.4, 0.5) is 0 Å². The van der Waals surface area contributed by atoms with Gasteiger partial charge < -0.3 is 14.9 Å². The number of aldehydes is 1. The lowest BCUT2D eigenvalue weighted by atomic mass is 9.72. The zero-order chi connectivity index (χ0) is 19.9. The number of aryl methyl sites for hydroxylation is 1. The number of aromatic nitrogens is 1. The second-order valence-corrected chi connectivity index (χ2v) is 8.63. The molecule has 1 atom stereocenters. The Balaban J connectivity index is 2.12. The number of H-pyrrole nitrogens is 1. The third-order valence-electron chi connectivity index (χ3n) is 5.18. The van der Waals surface area contributed by atoms with E-state index in [1.165, 1.54) is 0 Å². The van der Waals surface area contributed by atoms with Gasteiger partial charge in [0.25, 0.3) is 0 Å². The Kier molecular flexibility index (Phi) is 4.89. The average molecular weight is 499 g/mol. The largest absolute Gasteiger partial charge is 0.508 e. The van der Waals surface area contributed by atoms with Crippen molar-refractivity contribution < 1.29 is 9.90 Å². The van der Waals surface area contributed by atoms with E-state index < -0.39 is 5.41 Å². The highest BCUT2D eigenvalue weighted by Crippen LogP contribution is 2.42. The Morgan fingerprint density at radius 3 is 2.18 bits per heavy atom. The van der Waals surface area contributed by atoms with E-state index in [1.54, 1.807) is 24.3 Å². The third kappa shape index (κ3) is 2.99. The SMILES string of the molecule is Cc1c([C@@](C=O)(c2ccc(O)cc2)c2cc(Br)cc(Br)c2)[nH]c2ccccc12. The van der Waals surface area contributed by atoms with Crippen LogP contribution < -0.4 is 0 Å². The normalized spacial score (nSPS) is 13.4. The molecule has 1 aromatic heterocycles. The minimum Gasteiger partial charge on any atom is -0.508 e. The predicted octanol–water partition coefficient (Wildman–Crippen LogP) is 6.24. The maximum Gasteiger partial charge on any atom is 0.140 e. The number of para-hydroxylation sites is 1. The first-order valence-electron chi connectivity index (χ1n) is 8.76. The van der Waals surface area contributed by atoms with Crippen molar-refractivity contribution in [2.24, 2.45) is 0 Å². The number of phenols is 1. The van der Waals surface area contributed by atoms with Crippen LogP contribution in [0, 0.1) is 6.92 Å². The van der Waals surface area contributed by atoms with Gasteiger partial charge in [-0.15, -0.1) is 0 Å². The van der Waals surface area contributed by atoms with Crippen LogP contribution in [0.25, 0.3) is 10.9 Å². The summed E-state index contributed by atoms with van der Waals surface area (Å²) in [5.74, 6) is 0.160. The molecule has 2 N–H and O–H groups in total. The topological polar surface area (TPSA) is 53.1 Å². The number of nitrogens with one attached hydrogen (secondary N) is 1. The summed E-state index contributed by atoms with van der Waals surface area (Å²) in [6, 6.07) is 20.7. The van der Waals surface area contributed by atoms with Crippen molar-refractivity contribution in [3.05, 3.63) is 98.1 Å². The van der Waals surface area contributed by atoms with Gasteiger partial charge in [-0.2, -0.15) is 0 Å². The maximum atomic E-state index is 12.9. The highest BCUT2D eigenvalue weighted by Gasteiger charge is 2.40. The second-order valence-electron chi connectivity index (χ2n) is 6.80. The standard InChI is InChI=1S/C23H17Br2NO2/c1-14-20-4-2-3-5-21(20)26-22(14)23(13-27,15-6-8-19(28)9-7-15)16-10-17(24)12-18(25)11-16/h2-13,26,28H,1H3/t23-/m0/s1. The zero-order valence-electron chi connectivity index (χ0n) is 15.0. The summed E-state index contributed by atoms with van der Waals surface area (Å²) in [6.07, 6.45) is 0.977. The average Bonchev–Trinajstić information content (AvgIpc) is 3.01. The summed E-state index contributed by atoms with van der Waals surface area (Å²) in [4.78, 5) is 16.3. The highest BCUT2D eigenvalue weighted by atomic mass is 79.9. The fraction of sp³-hybridized carbons (Fsp3) is 0.0870. The van der Waals surface area contributed by atoms with Crippen LogP contribution in [0.1, 0.15) is 22.4 Å². The quantitative estimate of drug-likeness (QED) is 0.327. The monoisotopic (exact) mass is 497 g/mol. The number of phenolic OH excluding ortho intramolecular Hbond substituents is 1. The summed E-state index contributed by atoms with van der Waals surface area (Å²) >= 11 is 7.10. The molecule has 0 saturated heterocycles. The van der Waals surface area contributed by atoms with Gasteiger partial charge in [-0.1, -0.05) is 62.2 Å². The molecule has 0 amide bonds. The summed E-state index contributed by atoms with van der Waals surface area (Å²) in [7, 11) is 0. The number of aromatic hydroxyl groups is 1. The number of fused-ring (bicyclic) bond motifs is 1. The molecule has 0 fully saturated rings. The van der Waals surface area contributed by atoms with Crippen LogP contribution in [0.15, 0.2) is 75.7 Å². The Morgan fingerprint density at radius 2 is 1.57 bits per heavy atom. The minimum absolute atomic E-state index is 0.160. The number of rotatable bonds is 4. The summed E-state index contributed by atoms with van der Waals surface area (Å²) in [6.45, 7) is 2.03. The van der Waals surface area contributed by atoms with E-state index in [1.807, 2.05) is 49.4 Å². The van der Waals surface area contributed by atoms with Gasteiger partial charge in [0.15, 0.2) is 0 Å². The number of hydrogen-bond acceptors (Lipinski definition) is 2. The predicted molar refractivity (Wildman–Crippen MR) is 119 cm³/mol. The fourth-order valence-corrected chi connectivity index (χ4v) is 5.13. The van der Waals surface area contributed by atoms with Crippen molar-refractivity contribution in [1.82, 2.24) is 4.98 Å². The van der Waals surface area contributed by atoms with Crippen molar-refractivity contribution in [2.75, 3.05) is 0 Å². The van der Waals surface area contributed by atoms with Gasteiger partial charge in [0.2, 0.25) is 0 Å². The van der Waals surface area contributed by atoms with Crippen LogP contribution >= 0.6 is 31.9 Å². The molecule has 0 unspecified atom stereocenters. The van der Waals surface area contributed by atoms with E-state index in [9.17, 15) is 9.90 Å². The van der Waals surface area contributed by atoms with Crippen molar-refractivity contribution in [1.29, 1.82) is 0 Å². The molecule has 0 spiro atoms. The second kappa shape index (κ2) is 7.22. The van der Waals surface area contributed by atoms with Crippen molar-refractivity contribution in [3.63, 3.8) is 0 Å². The Morgan fingerprint density at radius 1 is 0.929 bits per heavy atom. The van der Waals surface area contributed by atoms with Crippen LogP contribution in [0.3, 0.4) is 0 Å². The molecular weight excluding hydrogens is 482 g/mol. The van der Waals surface area contributed by atoms with Crippen molar-refractivity contribution in [2.45, 2.75) is 12.3 Å². The number of carbonyl (C=O) groups excluding carboxylic acids is 1. The molecule has 5 heteroatoms. The molecule has 0 bridgehead atoms. The van der Waals surface area contributed by atoms with E-state index in [2.05, 4.69) is 36.8 Å². The molecule has 4 aromatic rings. The number of benzene rings is 3. The first kappa shape index (κ1) is 19.0. The molecule has 0 aliphatic heterocycles. The molecule has 3 nitrogen and oxygen atoms in total. The summed E-state index contributed by atoms with van der Waals surface area (Å²) in [5.41, 5.74) is 3.37. The summed E-state index contributed by atoms with van der Waals surface area (Å²) in [5, 5.41) is 10.9. The van der Waals surface area contributed by atoms with Gasteiger partial charge in [-0.05, 0) is 60.0 Å². The zero-order valence-corrected chi connectivity index (χ0v) is 18.2. The summed E-state index contributed by atoms with van der Waals surface area (Å²) < 4.78 is 1.74. The van der Waals surface area contributed by atoms with Gasteiger partial charge in [0, 0.05) is 25.5 Å². The first-order valence-corrected chi connectivity index (χ1v) is 10.3. The van der Waals surface area contributed by atoms with Gasteiger partial charge in [-0.25, -0.2) is 0 Å². The van der Waals surface area contributed by atoms with Crippen LogP contribution in [-0.4, -0.2) is 16.4 Å². The fourth-order valence-electron chi connectivity index (χ4n) is 3.83. The van der Waals surface area contributed by atoms with Crippen molar-refractivity contribution in [3.8, 4) is 5.75 Å². The number of carbonyl (C=O) groups is 1. The van der Waals surface area contributed by atoms with E-state index >= 15 is 0 Å². The van der Waals surface area contributed by atoms with E-state index in [0.29, 0.717) is 0 Å².